The van der Waals surface area contributed by atoms with Gasteiger partial charge in [-0.05, 0) is 25.7 Å². The minimum absolute atomic E-state index is 0.335. The van der Waals surface area contributed by atoms with Crippen molar-refractivity contribution in [3.63, 3.8) is 0 Å². The summed E-state index contributed by atoms with van der Waals surface area (Å²) in [6, 6.07) is 0. The number of aliphatic hydroxyl groups excluding tert-OH is 1. The Morgan fingerprint density at radius 2 is 1.44 bits per heavy atom. The molecule has 0 fully saturated rings. The first kappa shape index (κ1) is 17.4. The summed E-state index contributed by atoms with van der Waals surface area (Å²) in [6.07, 6.45) is 19.7. The SMILES string of the molecule is C=CC(O)CCC=CCCCCCCCCCC. The second-order valence-electron chi connectivity index (χ2n) is 5.12. The van der Waals surface area contributed by atoms with Gasteiger partial charge in [0.2, 0.25) is 0 Å². The molecular weight excluding hydrogens is 220 g/mol. The zero-order valence-corrected chi connectivity index (χ0v) is 12.2. The lowest BCUT2D eigenvalue weighted by Gasteiger charge is -2.01. The number of hydrogen-bond donors (Lipinski definition) is 1. The minimum atomic E-state index is -0.335. The summed E-state index contributed by atoms with van der Waals surface area (Å²) in [4.78, 5) is 0. The van der Waals surface area contributed by atoms with E-state index in [1.54, 1.807) is 6.08 Å². The fraction of sp³-hybridized carbons (Fsp3) is 0.765. The predicted octanol–water partition coefficient (Wildman–Crippen LogP) is 5.40. The van der Waals surface area contributed by atoms with Crippen LogP contribution in [0.5, 0.6) is 0 Å². The van der Waals surface area contributed by atoms with E-state index in [-0.39, 0.29) is 6.10 Å². The van der Waals surface area contributed by atoms with Crippen molar-refractivity contribution in [2.24, 2.45) is 0 Å². The second-order valence-corrected chi connectivity index (χ2v) is 5.12. The molecule has 0 aromatic rings. The van der Waals surface area contributed by atoms with Crippen molar-refractivity contribution in [2.75, 3.05) is 0 Å². The second kappa shape index (κ2) is 14.5. The fourth-order valence-electron chi connectivity index (χ4n) is 2.02. The highest BCUT2D eigenvalue weighted by Gasteiger charge is 1.94. The molecule has 0 aliphatic rings. The smallest absolute Gasteiger partial charge is 0.0721 e. The van der Waals surface area contributed by atoms with E-state index in [2.05, 4.69) is 25.7 Å². The Bertz CT molecular complexity index is 196. The molecule has 0 amide bonds. The normalized spacial score (nSPS) is 13.0. The standard InChI is InChI=1S/C17H32O/c1-3-5-6-7-8-9-10-11-12-13-14-15-16-17(18)4-2/h4,13-14,17-18H,2-3,5-12,15-16H2,1H3. The van der Waals surface area contributed by atoms with Gasteiger partial charge in [0.25, 0.3) is 0 Å². The van der Waals surface area contributed by atoms with E-state index in [0.717, 1.165) is 12.8 Å². The van der Waals surface area contributed by atoms with Crippen LogP contribution in [0.15, 0.2) is 24.8 Å². The number of allylic oxidation sites excluding steroid dienone is 2. The molecule has 1 unspecified atom stereocenters. The van der Waals surface area contributed by atoms with Crippen LogP contribution in [0, 0.1) is 0 Å². The van der Waals surface area contributed by atoms with Crippen molar-refractivity contribution in [2.45, 2.75) is 83.7 Å². The summed E-state index contributed by atoms with van der Waals surface area (Å²) in [6.45, 7) is 5.83. The largest absolute Gasteiger partial charge is 0.389 e. The zero-order chi connectivity index (χ0) is 13.5. The van der Waals surface area contributed by atoms with E-state index in [1.165, 1.54) is 57.8 Å². The molecule has 106 valence electrons. The molecule has 0 saturated heterocycles. The highest BCUT2D eigenvalue weighted by Crippen LogP contribution is 2.10. The van der Waals surface area contributed by atoms with Crippen LogP contribution in [-0.2, 0) is 0 Å². The Morgan fingerprint density at radius 1 is 0.889 bits per heavy atom. The maximum atomic E-state index is 9.27. The first-order valence-corrected chi connectivity index (χ1v) is 7.76. The molecule has 0 aromatic heterocycles. The molecule has 0 aliphatic heterocycles. The van der Waals surface area contributed by atoms with E-state index in [1.807, 2.05) is 0 Å². The van der Waals surface area contributed by atoms with Gasteiger partial charge >= 0.3 is 0 Å². The van der Waals surface area contributed by atoms with Gasteiger partial charge < -0.3 is 5.11 Å². The van der Waals surface area contributed by atoms with Crippen LogP contribution in [0.2, 0.25) is 0 Å². The number of hydrogen-bond acceptors (Lipinski definition) is 1. The lowest BCUT2D eigenvalue weighted by molar-refractivity contribution is 0.214. The van der Waals surface area contributed by atoms with E-state index in [4.69, 9.17) is 0 Å². The van der Waals surface area contributed by atoms with Crippen LogP contribution in [0.4, 0.5) is 0 Å². The van der Waals surface area contributed by atoms with E-state index >= 15 is 0 Å². The molecule has 1 atom stereocenters. The first-order valence-electron chi connectivity index (χ1n) is 7.76. The summed E-state index contributed by atoms with van der Waals surface area (Å²) >= 11 is 0. The Hall–Kier alpha value is -0.560. The molecule has 0 radical (unpaired) electrons. The molecule has 1 nitrogen and oxygen atoms in total. The summed E-state index contributed by atoms with van der Waals surface area (Å²) in [5, 5.41) is 9.27. The van der Waals surface area contributed by atoms with E-state index in [9.17, 15) is 5.11 Å². The number of unbranched alkanes of at least 4 members (excludes halogenated alkanes) is 8. The lowest BCUT2D eigenvalue weighted by atomic mass is 10.1. The lowest BCUT2D eigenvalue weighted by Crippen LogP contribution is -1.99. The Balaban J connectivity index is 3.10. The summed E-state index contributed by atoms with van der Waals surface area (Å²) < 4.78 is 0. The first-order chi connectivity index (χ1) is 8.81. The van der Waals surface area contributed by atoms with Gasteiger partial charge in [-0.2, -0.15) is 0 Å². The van der Waals surface area contributed by atoms with Crippen LogP contribution < -0.4 is 0 Å². The van der Waals surface area contributed by atoms with Crippen molar-refractivity contribution in [3.8, 4) is 0 Å². The summed E-state index contributed by atoms with van der Waals surface area (Å²) in [5.74, 6) is 0. The predicted molar refractivity (Wildman–Crippen MR) is 81.8 cm³/mol. The van der Waals surface area contributed by atoms with Crippen molar-refractivity contribution in [3.05, 3.63) is 24.8 Å². The van der Waals surface area contributed by atoms with E-state index in [0.29, 0.717) is 0 Å². The average Bonchev–Trinajstić information content (AvgIpc) is 2.39. The third-order valence-electron chi connectivity index (χ3n) is 3.29. The maximum absolute atomic E-state index is 9.27. The Labute approximate surface area is 114 Å². The highest BCUT2D eigenvalue weighted by molar-refractivity contribution is 4.85. The van der Waals surface area contributed by atoms with Crippen molar-refractivity contribution < 1.29 is 5.11 Å². The average molecular weight is 252 g/mol. The maximum Gasteiger partial charge on any atom is 0.0721 e. The Kier molecular flexibility index (Phi) is 14.0. The monoisotopic (exact) mass is 252 g/mol. The van der Waals surface area contributed by atoms with Crippen LogP contribution in [-0.4, -0.2) is 11.2 Å². The fourth-order valence-corrected chi connectivity index (χ4v) is 2.02. The molecular formula is C17H32O. The topological polar surface area (TPSA) is 20.2 Å². The quantitative estimate of drug-likeness (QED) is 0.344. The molecule has 0 aliphatic carbocycles. The number of rotatable bonds is 13. The van der Waals surface area contributed by atoms with Gasteiger partial charge in [-0.15, -0.1) is 6.58 Å². The van der Waals surface area contributed by atoms with Crippen molar-refractivity contribution in [1.29, 1.82) is 0 Å². The van der Waals surface area contributed by atoms with Gasteiger partial charge in [-0.3, -0.25) is 0 Å². The van der Waals surface area contributed by atoms with Crippen molar-refractivity contribution >= 4 is 0 Å². The number of aliphatic hydroxyl groups is 1. The molecule has 0 aromatic carbocycles. The Morgan fingerprint density at radius 3 is 2.06 bits per heavy atom. The summed E-state index contributed by atoms with van der Waals surface area (Å²) in [5.41, 5.74) is 0. The molecule has 18 heavy (non-hydrogen) atoms. The summed E-state index contributed by atoms with van der Waals surface area (Å²) in [7, 11) is 0. The van der Waals surface area contributed by atoms with Gasteiger partial charge in [-0.1, -0.05) is 70.1 Å². The van der Waals surface area contributed by atoms with Crippen LogP contribution in [0.25, 0.3) is 0 Å². The molecule has 0 spiro atoms. The third-order valence-corrected chi connectivity index (χ3v) is 3.29. The van der Waals surface area contributed by atoms with Gasteiger partial charge in [0, 0.05) is 0 Å². The molecule has 1 N–H and O–H groups in total. The molecule has 0 bridgehead atoms. The minimum Gasteiger partial charge on any atom is -0.389 e. The van der Waals surface area contributed by atoms with Crippen LogP contribution in [0.3, 0.4) is 0 Å². The molecule has 0 rings (SSSR count). The van der Waals surface area contributed by atoms with Gasteiger partial charge in [-0.25, -0.2) is 0 Å². The molecule has 1 heteroatoms. The van der Waals surface area contributed by atoms with Gasteiger partial charge in [0.1, 0.15) is 0 Å². The van der Waals surface area contributed by atoms with Crippen LogP contribution in [0.1, 0.15) is 77.6 Å². The van der Waals surface area contributed by atoms with Crippen LogP contribution >= 0.6 is 0 Å². The molecule has 0 heterocycles. The van der Waals surface area contributed by atoms with Gasteiger partial charge in [0.05, 0.1) is 6.10 Å². The third kappa shape index (κ3) is 13.5. The van der Waals surface area contributed by atoms with Gasteiger partial charge in [0.15, 0.2) is 0 Å². The van der Waals surface area contributed by atoms with E-state index < -0.39 is 0 Å². The highest BCUT2D eigenvalue weighted by atomic mass is 16.3. The molecule has 0 saturated carbocycles. The zero-order valence-electron chi connectivity index (χ0n) is 12.2. The van der Waals surface area contributed by atoms with Crippen molar-refractivity contribution in [1.82, 2.24) is 0 Å².